The number of halogens is 3. The molecule has 1 aromatic rings. The van der Waals surface area contributed by atoms with Crippen molar-refractivity contribution in [1.29, 1.82) is 5.26 Å². The molecule has 0 unspecified atom stereocenters. The Labute approximate surface area is 140 Å². The second-order valence-electron chi connectivity index (χ2n) is 4.58. The van der Waals surface area contributed by atoms with Gasteiger partial charge in [-0.3, -0.25) is 4.79 Å². The molecule has 0 aromatic heterocycles. The van der Waals surface area contributed by atoms with E-state index in [0.717, 1.165) is 12.1 Å². The quantitative estimate of drug-likeness (QED) is 0.589. The van der Waals surface area contributed by atoms with Crippen molar-refractivity contribution >= 4 is 21.8 Å². The largest absolute Gasteiger partial charge is 0.573 e. The Hall–Kier alpha value is -2.81. The maximum atomic E-state index is 12.3. The minimum Gasteiger partial charge on any atom is -0.404 e. The van der Waals surface area contributed by atoms with Crippen LogP contribution < -0.4 is 10.5 Å². The molecule has 0 heterocycles. The summed E-state index contributed by atoms with van der Waals surface area (Å²) in [5.74, 6) is -2.61. The van der Waals surface area contributed by atoms with Crippen LogP contribution in [0.4, 0.5) is 18.0 Å². The smallest absolute Gasteiger partial charge is 0.404 e. The van der Waals surface area contributed by atoms with E-state index in [0.29, 0.717) is 0 Å². The molecule has 2 N–H and O–H groups in total. The number of alkyl halides is 3. The molecule has 0 saturated heterocycles. The Morgan fingerprint density at radius 3 is 2.40 bits per heavy atom. The van der Waals surface area contributed by atoms with Crippen LogP contribution in [0.1, 0.15) is 12.8 Å². The van der Waals surface area contributed by atoms with Gasteiger partial charge >= 0.3 is 12.4 Å². The van der Waals surface area contributed by atoms with Crippen molar-refractivity contribution in [3.8, 4) is 11.9 Å². The number of primary amides is 1. The number of ether oxygens (including phenoxy) is 1. The van der Waals surface area contributed by atoms with Crippen LogP contribution in [0.25, 0.3) is 0 Å². The maximum absolute atomic E-state index is 12.3. The molecule has 1 aromatic carbocycles. The number of nitrogens with zero attached hydrogens (tertiary/aromatic N) is 2. The van der Waals surface area contributed by atoms with E-state index in [4.69, 9.17) is 11.0 Å². The Bertz CT molecular complexity index is 802. The molecular formula is C13H12F3N3O5S. The molecule has 12 heteroatoms. The van der Waals surface area contributed by atoms with E-state index in [1.165, 1.54) is 18.3 Å². The SMILES string of the molecule is N#CN(C(N)=O)C(=O)CCCS(=O)(=O)c1ccccc1OC(F)(F)F. The third-order valence-electron chi connectivity index (χ3n) is 2.78. The number of carbonyl (C=O) groups is 2. The first-order valence-corrected chi connectivity index (χ1v) is 8.23. The average molecular weight is 379 g/mol. The molecule has 25 heavy (non-hydrogen) atoms. The number of urea groups is 1. The number of para-hydroxylation sites is 1. The first-order chi connectivity index (χ1) is 11.5. The highest BCUT2D eigenvalue weighted by Crippen LogP contribution is 2.30. The second-order valence-corrected chi connectivity index (χ2v) is 6.66. The lowest BCUT2D eigenvalue weighted by Crippen LogP contribution is -2.36. The lowest BCUT2D eigenvalue weighted by molar-refractivity contribution is -0.275. The van der Waals surface area contributed by atoms with Crippen molar-refractivity contribution in [1.82, 2.24) is 4.90 Å². The molecule has 0 bridgehead atoms. The number of nitriles is 1. The van der Waals surface area contributed by atoms with Gasteiger partial charge in [-0.05, 0) is 18.6 Å². The monoisotopic (exact) mass is 379 g/mol. The number of rotatable bonds is 6. The third kappa shape index (κ3) is 5.96. The average Bonchev–Trinajstić information content (AvgIpc) is 2.46. The van der Waals surface area contributed by atoms with E-state index in [1.54, 1.807) is 0 Å². The number of nitrogens with two attached hydrogens (primary N) is 1. The number of amides is 3. The summed E-state index contributed by atoms with van der Waals surface area (Å²) in [4.78, 5) is 21.7. The van der Waals surface area contributed by atoms with Crippen molar-refractivity contribution in [3.05, 3.63) is 24.3 Å². The third-order valence-corrected chi connectivity index (χ3v) is 4.62. The van der Waals surface area contributed by atoms with E-state index in [1.807, 2.05) is 0 Å². The second kappa shape index (κ2) is 7.84. The number of imide groups is 1. The van der Waals surface area contributed by atoms with Crippen molar-refractivity contribution < 1.29 is 35.9 Å². The van der Waals surface area contributed by atoms with Gasteiger partial charge in [0.05, 0.1) is 5.75 Å². The molecule has 3 amide bonds. The summed E-state index contributed by atoms with van der Waals surface area (Å²) in [7, 11) is -4.21. The van der Waals surface area contributed by atoms with Crippen LogP contribution in [0.2, 0.25) is 0 Å². The van der Waals surface area contributed by atoms with Crippen LogP contribution in [0.3, 0.4) is 0 Å². The fourth-order valence-electron chi connectivity index (χ4n) is 1.78. The highest BCUT2D eigenvalue weighted by atomic mass is 32.2. The Morgan fingerprint density at radius 1 is 1.28 bits per heavy atom. The molecule has 1 rings (SSSR count). The summed E-state index contributed by atoms with van der Waals surface area (Å²) in [6.07, 6.45) is -4.70. The molecule has 0 atom stereocenters. The molecule has 0 fully saturated rings. The van der Waals surface area contributed by atoms with Crippen LogP contribution >= 0.6 is 0 Å². The van der Waals surface area contributed by atoms with Crippen LogP contribution in [0, 0.1) is 11.5 Å². The summed E-state index contributed by atoms with van der Waals surface area (Å²) in [5.41, 5.74) is 4.78. The Kier molecular flexibility index (Phi) is 6.35. The van der Waals surface area contributed by atoms with Gasteiger partial charge in [-0.1, -0.05) is 12.1 Å². The van der Waals surface area contributed by atoms with Crippen LogP contribution in [0.15, 0.2) is 29.2 Å². The van der Waals surface area contributed by atoms with Gasteiger partial charge < -0.3 is 10.5 Å². The molecule has 8 nitrogen and oxygen atoms in total. The number of benzene rings is 1. The minimum absolute atomic E-state index is 0.0489. The van der Waals surface area contributed by atoms with Gasteiger partial charge in [0.25, 0.3) is 0 Å². The van der Waals surface area contributed by atoms with Crippen molar-refractivity contribution in [3.63, 3.8) is 0 Å². The number of hydrogen-bond donors (Lipinski definition) is 1. The predicted molar refractivity (Wildman–Crippen MR) is 76.5 cm³/mol. The normalized spacial score (nSPS) is 11.4. The Balaban J connectivity index is 2.86. The Morgan fingerprint density at radius 2 is 1.88 bits per heavy atom. The van der Waals surface area contributed by atoms with Crippen LogP contribution in [-0.4, -0.2) is 37.4 Å². The highest BCUT2D eigenvalue weighted by Gasteiger charge is 2.34. The molecule has 0 radical (unpaired) electrons. The number of sulfone groups is 1. The zero-order valence-corrected chi connectivity index (χ0v) is 13.3. The van der Waals surface area contributed by atoms with Crippen LogP contribution in [0.5, 0.6) is 5.75 Å². The minimum atomic E-state index is -5.07. The lowest BCUT2D eigenvalue weighted by atomic mass is 10.3. The topological polar surface area (TPSA) is 131 Å². The zero-order chi connectivity index (χ0) is 19.3. The number of carbonyl (C=O) groups excluding carboxylic acids is 2. The molecule has 0 aliphatic heterocycles. The summed E-state index contributed by atoms with van der Waals surface area (Å²) in [5, 5.41) is 8.56. The van der Waals surface area contributed by atoms with Gasteiger partial charge in [0, 0.05) is 6.42 Å². The fraction of sp³-hybridized carbons (Fsp3) is 0.308. The molecule has 0 aliphatic carbocycles. The van der Waals surface area contributed by atoms with E-state index < -0.39 is 51.0 Å². The van der Waals surface area contributed by atoms with Crippen LogP contribution in [-0.2, 0) is 14.6 Å². The molecule has 0 spiro atoms. The summed E-state index contributed by atoms with van der Waals surface area (Å²) in [6, 6.07) is 2.84. The first-order valence-electron chi connectivity index (χ1n) is 6.57. The van der Waals surface area contributed by atoms with Crippen molar-refractivity contribution in [2.45, 2.75) is 24.1 Å². The fourth-order valence-corrected chi connectivity index (χ4v) is 3.23. The van der Waals surface area contributed by atoms with Gasteiger partial charge in [-0.25, -0.2) is 13.2 Å². The van der Waals surface area contributed by atoms with Gasteiger partial charge in [0.15, 0.2) is 16.0 Å². The van der Waals surface area contributed by atoms with E-state index in [-0.39, 0.29) is 11.3 Å². The highest BCUT2D eigenvalue weighted by molar-refractivity contribution is 7.91. The maximum Gasteiger partial charge on any atom is 0.573 e. The van der Waals surface area contributed by atoms with Crippen molar-refractivity contribution in [2.24, 2.45) is 5.73 Å². The van der Waals surface area contributed by atoms with Gasteiger partial charge in [0.1, 0.15) is 10.6 Å². The summed E-state index contributed by atoms with van der Waals surface area (Å²) >= 11 is 0. The van der Waals surface area contributed by atoms with Gasteiger partial charge in [-0.2, -0.15) is 10.2 Å². The van der Waals surface area contributed by atoms with Gasteiger partial charge in [0.2, 0.25) is 5.91 Å². The molecule has 0 aliphatic rings. The van der Waals surface area contributed by atoms with E-state index in [2.05, 4.69) is 4.74 Å². The molecule has 136 valence electrons. The molecule has 0 saturated carbocycles. The van der Waals surface area contributed by atoms with E-state index in [9.17, 15) is 31.2 Å². The van der Waals surface area contributed by atoms with E-state index >= 15 is 0 Å². The summed E-state index contributed by atoms with van der Waals surface area (Å²) in [6.45, 7) is 0. The lowest BCUT2D eigenvalue weighted by Gasteiger charge is -2.13. The molecular weight excluding hydrogens is 367 g/mol. The summed E-state index contributed by atoms with van der Waals surface area (Å²) < 4.78 is 65.0. The predicted octanol–water partition coefficient (Wildman–Crippen LogP) is 1.53. The zero-order valence-electron chi connectivity index (χ0n) is 12.5. The number of hydrogen-bond acceptors (Lipinski definition) is 6. The first kappa shape index (κ1) is 20.2. The van der Waals surface area contributed by atoms with Gasteiger partial charge in [-0.15, -0.1) is 13.2 Å². The standard InChI is InChI=1S/C13H12F3N3O5S/c14-13(15,16)24-9-4-1-2-5-10(9)25(22,23)7-3-6-11(20)19(8-17)12(18)21/h1-2,4-5H,3,6-7H2,(H2,18,21). The van der Waals surface area contributed by atoms with Crippen molar-refractivity contribution in [2.75, 3.05) is 5.75 Å².